The molecule has 3 nitrogen and oxygen atoms in total. The smallest absolute Gasteiger partial charge is 0.166 e. The van der Waals surface area contributed by atoms with Gasteiger partial charge in [-0.3, -0.25) is 0 Å². The summed E-state index contributed by atoms with van der Waals surface area (Å²) in [5, 5.41) is 2.98. The van der Waals surface area contributed by atoms with Crippen LogP contribution in [0.3, 0.4) is 0 Å². The van der Waals surface area contributed by atoms with Crippen molar-refractivity contribution in [1.29, 1.82) is 0 Å². The number of halogens is 1. The van der Waals surface area contributed by atoms with Crippen LogP contribution in [-0.2, 0) is 0 Å². The fourth-order valence-electron chi connectivity index (χ4n) is 1.18. The highest BCUT2D eigenvalue weighted by Gasteiger charge is 2.07. The van der Waals surface area contributed by atoms with Gasteiger partial charge in [0.15, 0.2) is 5.76 Å². The monoisotopic (exact) mass is 252 g/mol. The van der Waals surface area contributed by atoms with E-state index in [2.05, 4.69) is 26.2 Å². The normalized spacial score (nSPS) is 10.1. The van der Waals surface area contributed by atoms with E-state index in [4.69, 9.17) is 4.42 Å². The Labute approximate surface area is 90.3 Å². The van der Waals surface area contributed by atoms with Gasteiger partial charge in [-0.25, -0.2) is 4.98 Å². The largest absolute Gasteiger partial charge is 0.461 e. The van der Waals surface area contributed by atoms with Crippen LogP contribution in [0.25, 0.3) is 11.5 Å². The van der Waals surface area contributed by atoms with E-state index in [1.807, 2.05) is 31.3 Å². The molecule has 0 fully saturated rings. The molecule has 0 aliphatic heterocycles. The molecule has 4 heteroatoms. The summed E-state index contributed by atoms with van der Waals surface area (Å²) in [4.78, 5) is 4.36. The first-order valence-corrected chi connectivity index (χ1v) is 4.99. The van der Waals surface area contributed by atoms with Gasteiger partial charge in [-0.1, -0.05) is 6.07 Å². The molecule has 0 saturated heterocycles. The average molecular weight is 253 g/mol. The van der Waals surface area contributed by atoms with Gasteiger partial charge in [0.25, 0.3) is 0 Å². The minimum absolute atomic E-state index is 0.752. The lowest BCUT2D eigenvalue weighted by Gasteiger charge is -2.01. The van der Waals surface area contributed by atoms with Crippen LogP contribution in [-0.4, -0.2) is 12.0 Å². The first-order valence-electron chi connectivity index (χ1n) is 4.19. The highest BCUT2D eigenvalue weighted by molar-refractivity contribution is 9.10. The van der Waals surface area contributed by atoms with Gasteiger partial charge in [-0.05, 0) is 34.1 Å². The third kappa shape index (κ3) is 1.65. The zero-order valence-electron chi connectivity index (χ0n) is 7.62. The molecule has 0 spiro atoms. The Morgan fingerprint density at radius 2 is 2.21 bits per heavy atom. The number of nitrogens with zero attached hydrogens (tertiary/aromatic N) is 1. The number of aromatic nitrogens is 1. The molecular weight excluding hydrogens is 244 g/mol. The lowest BCUT2D eigenvalue weighted by molar-refractivity contribution is 0.579. The minimum Gasteiger partial charge on any atom is -0.461 e. The second-order valence-corrected chi connectivity index (χ2v) is 3.61. The van der Waals surface area contributed by atoms with Crippen molar-refractivity contribution < 1.29 is 4.42 Å². The van der Waals surface area contributed by atoms with Gasteiger partial charge >= 0.3 is 0 Å². The quantitative estimate of drug-likeness (QED) is 0.893. The maximum atomic E-state index is 5.31. The van der Waals surface area contributed by atoms with Crippen LogP contribution in [0.1, 0.15) is 0 Å². The number of hydrogen-bond donors (Lipinski definition) is 1. The minimum atomic E-state index is 0.752. The number of nitrogens with one attached hydrogen (secondary N) is 1. The van der Waals surface area contributed by atoms with Crippen molar-refractivity contribution in [2.24, 2.45) is 0 Å². The topological polar surface area (TPSA) is 38.1 Å². The molecular formula is C10H9BrN2O. The Kier molecular flexibility index (Phi) is 2.54. The molecule has 72 valence electrons. The van der Waals surface area contributed by atoms with Gasteiger partial charge in [-0.2, -0.15) is 0 Å². The van der Waals surface area contributed by atoms with Crippen LogP contribution < -0.4 is 5.32 Å². The molecule has 0 aliphatic rings. The fraction of sp³-hybridized carbons (Fsp3) is 0.100. The Balaban J connectivity index is 2.47. The van der Waals surface area contributed by atoms with Crippen molar-refractivity contribution in [1.82, 2.24) is 4.98 Å². The van der Waals surface area contributed by atoms with Gasteiger partial charge < -0.3 is 9.73 Å². The first-order chi connectivity index (χ1) is 6.81. The Morgan fingerprint density at radius 3 is 2.86 bits per heavy atom. The van der Waals surface area contributed by atoms with Gasteiger partial charge in [-0.15, -0.1) is 0 Å². The van der Waals surface area contributed by atoms with Crippen molar-refractivity contribution in [2.75, 3.05) is 12.4 Å². The van der Waals surface area contributed by atoms with Crippen molar-refractivity contribution in [3.63, 3.8) is 0 Å². The maximum absolute atomic E-state index is 5.31. The second-order valence-electron chi connectivity index (χ2n) is 2.76. The summed E-state index contributed by atoms with van der Waals surface area (Å²) in [5.41, 5.74) is 0.814. The summed E-state index contributed by atoms with van der Waals surface area (Å²) in [6.07, 6.45) is 1.63. The van der Waals surface area contributed by atoms with E-state index in [9.17, 15) is 0 Å². The molecule has 2 aromatic heterocycles. The summed E-state index contributed by atoms with van der Waals surface area (Å²) >= 11 is 3.40. The van der Waals surface area contributed by atoms with E-state index >= 15 is 0 Å². The van der Waals surface area contributed by atoms with Crippen molar-refractivity contribution in [3.8, 4) is 11.5 Å². The summed E-state index contributed by atoms with van der Waals surface area (Å²) in [6, 6.07) is 7.59. The number of hydrogen-bond acceptors (Lipinski definition) is 3. The van der Waals surface area contributed by atoms with Crippen LogP contribution in [0.15, 0.2) is 39.4 Å². The highest BCUT2D eigenvalue weighted by Crippen LogP contribution is 2.28. The molecule has 0 aromatic carbocycles. The molecule has 0 bridgehead atoms. The zero-order chi connectivity index (χ0) is 9.97. The summed E-state index contributed by atoms with van der Waals surface area (Å²) < 4.78 is 6.23. The first kappa shape index (κ1) is 9.27. The Hall–Kier alpha value is -1.29. The van der Waals surface area contributed by atoms with E-state index in [0.29, 0.717) is 0 Å². The molecule has 0 aliphatic carbocycles. The highest BCUT2D eigenvalue weighted by atomic mass is 79.9. The van der Waals surface area contributed by atoms with Crippen molar-refractivity contribution >= 4 is 21.7 Å². The Morgan fingerprint density at radius 1 is 1.36 bits per heavy atom. The van der Waals surface area contributed by atoms with Crippen LogP contribution in [0, 0.1) is 0 Å². The third-order valence-electron chi connectivity index (χ3n) is 1.86. The number of anilines is 1. The van der Waals surface area contributed by atoms with E-state index in [-0.39, 0.29) is 0 Å². The average Bonchev–Trinajstić information content (AvgIpc) is 2.65. The summed E-state index contributed by atoms with van der Waals surface area (Å²) in [7, 11) is 1.84. The molecule has 2 rings (SSSR count). The Bertz CT molecular complexity index is 439. The van der Waals surface area contributed by atoms with Crippen LogP contribution in [0.4, 0.5) is 5.82 Å². The number of rotatable bonds is 2. The standard InChI is InChI=1S/C10H9BrN2O/c1-12-9-4-2-3-8(13-9)10-7(11)5-6-14-10/h2-6H,1H3,(H,12,13). The maximum Gasteiger partial charge on any atom is 0.166 e. The summed E-state index contributed by atoms with van der Waals surface area (Å²) in [6.45, 7) is 0. The lowest BCUT2D eigenvalue weighted by atomic mass is 10.3. The van der Waals surface area contributed by atoms with E-state index in [0.717, 1.165) is 21.7 Å². The predicted octanol–water partition coefficient (Wildman–Crippen LogP) is 3.15. The third-order valence-corrected chi connectivity index (χ3v) is 2.48. The van der Waals surface area contributed by atoms with Crippen molar-refractivity contribution in [2.45, 2.75) is 0 Å². The molecule has 0 radical (unpaired) electrons. The molecule has 2 heterocycles. The van der Waals surface area contributed by atoms with Gasteiger partial charge in [0, 0.05) is 7.05 Å². The number of pyridine rings is 1. The van der Waals surface area contributed by atoms with Crippen molar-refractivity contribution in [3.05, 3.63) is 35.0 Å². The molecule has 14 heavy (non-hydrogen) atoms. The van der Waals surface area contributed by atoms with Gasteiger partial charge in [0.1, 0.15) is 11.5 Å². The van der Waals surface area contributed by atoms with E-state index in [1.165, 1.54) is 0 Å². The lowest BCUT2D eigenvalue weighted by Crippen LogP contribution is -1.92. The predicted molar refractivity (Wildman–Crippen MR) is 59.2 cm³/mol. The second kappa shape index (κ2) is 3.84. The zero-order valence-corrected chi connectivity index (χ0v) is 9.21. The van der Waals surface area contributed by atoms with Gasteiger partial charge in [0.05, 0.1) is 10.7 Å². The number of furan rings is 1. The van der Waals surface area contributed by atoms with Gasteiger partial charge in [0.2, 0.25) is 0 Å². The van der Waals surface area contributed by atoms with E-state index in [1.54, 1.807) is 6.26 Å². The molecule has 0 amide bonds. The van der Waals surface area contributed by atoms with Crippen LogP contribution in [0.2, 0.25) is 0 Å². The SMILES string of the molecule is CNc1cccc(-c2occc2Br)n1. The van der Waals surface area contributed by atoms with Crippen LogP contribution >= 0.6 is 15.9 Å². The molecule has 0 unspecified atom stereocenters. The van der Waals surface area contributed by atoms with Crippen LogP contribution in [0.5, 0.6) is 0 Å². The molecule has 1 N–H and O–H groups in total. The molecule has 2 aromatic rings. The molecule has 0 saturated carbocycles. The van der Waals surface area contributed by atoms with E-state index < -0.39 is 0 Å². The molecule has 0 atom stereocenters. The fourth-order valence-corrected chi connectivity index (χ4v) is 1.58. The summed E-state index contributed by atoms with van der Waals surface area (Å²) in [5.74, 6) is 1.58.